The number of hydrogen-bond acceptors (Lipinski definition) is 4. The van der Waals surface area contributed by atoms with Crippen molar-refractivity contribution in [2.75, 3.05) is 26.7 Å². The number of aryl methyl sites for hydroxylation is 1. The van der Waals surface area contributed by atoms with Gasteiger partial charge in [0.2, 0.25) is 5.91 Å². The van der Waals surface area contributed by atoms with Gasteiger partial charge in [0.25, 0.3) is 0 Å². The first-order valence-electron chi connectivity index (χ1n) is 11.9. The minimum atomic E-state index is -0.405. The summed E-state index contributed by atoms with van der Waals surface area (Å²) in [4.78, 5) is 28.2. The SMILES string of the molecule is COC(=O)C1CN(C(=O)C(c2ccccc2)c2ccccc2)CC1NCCCc1ccccc1. The lowest BCUT2D eigenvalue weighted by atomic mass is 9.90. The van der Waals surface area contributed by atoms with Gasteiger partial charge in [0.15, 0.2) is 0 Å². The van der Waals surface area contributed by atoms with E-state index in [1.54, 1.807) is 0 Å². The van der Waals surface area contributed by atoms with Crippen LogP contribution in [0.1, 0.15) is 29.0 Å². The van der Waals surface area contributed by atoms with Gasteiger partial charge in [-0.15, -0.1) is 0 Å². The van der Waals surface area contributed by atoms with Crippen LogP contribution in [-0.4, -0.2) is 49.6 Å². The Kier molecular flexibility index (Phi) is 8.10. The van der Waals surface area contributed by atoms with Gasteiger partial charge in [-0.25, -0.2) is 0 Å². The summed E-state index contributed by atoms with van der Waals surface area (Å²) in [6.07, 6.45) is 1.93. The van der Waals surface area contributed by atoms with Gasteiger partial charge >= 0.3 is 5.97 Å². The van der Waals surface area contributed by atoms with E-state index in [0.29, 0.717) is 13.1 Å². The minimum Gasteiger partial charge on any atom is -0.469 e. The van der Waals surface area contributed by atoms with Crippen molar-refractivity contribution in [3.05, 3.63) is 108 Å². The normalized spacial score (nSPS) is 17.6. The zero-order valence-corrected chi connectivity index (χ0v) is 19.6. The molecule has 4 rings (SSSR count). The van der Waals surface area contributed by atoms with Crippen molar-refractivity contribution >= 4 is 11.9 Å². The summed E-state index contributed by atoms with van der Waals surface area (Å²) in [6, 6.07) is 29.9. The van der Waals surface area contributed by atoms with Gasteiger partial charge in [0.1, 0.15) is 0 Å². The van der Waals surface area contributed by atoms with E-state index in [1.807, 2.05) is 83.8 Å². The fraction of sp³-hybridized carbons (Fsp3) is 0.310. The molecule has 5 heteroatoms. The van der Waals surface area contributed by atoms with Crippen molar-refractivity contribution in [1.29, 1.82) is 0 Å². The van der Waals surface area contributed by atoms with E-state index in [9.17, 15) is 9.59 Å². The predicted octanol–water partition coefficient (Wildman–Crippen LogP) is 4.04. The molecule has 2 atom stereocenters. The maximum Gasteiger partial charge on any atom is 0.312 e. The topological polar surface area (TPSA) is 58.6 Å². The third-order valence-corrected chi connectivity index (χ3v) is 6.54. The number of nitrogens with one attached hydrogen (secondary N) is 1. The van der Waals surface area contributed by atoms with E-state index in [1.165, 1.54) is 12.7 Å². The molecule has 0 bridgehead atoms. The molecule has 34 heavy (non-hydrogen) atoms. The second kappa shape index (κ2) is 11.6. The lowest BCUT2D eigenvalue weighted by Gasteiger charge is -2.24. The van der Waals surface area contributed by atoms with E-state index in [-0.39, 0.29) is 23.8 Å². The van der Waals surface area contributed by atoms with Gasteiger partial charge in [-0.3, -0.25) is 9.59 Å². The highest BCUT2D eigenvalue weighted by molar-refractivity contribution is 5.88. The van der Waals surface area contributed by atoms with E-state index in [4.69, 9.17) is 4.74 Å². The highest BCUT2D eigenvalue weighted by Gasteiger charge is 2.42. The summed E-state index contributed by atoms with van der Waals surface area (Å²) in [5.74, 6) is -1.04. The van der Waals surface area contributed by atoms with Crippen LogP contribution in [0.15, 0.2) is 91.0 Å². The molecule has 0 aromatic heterocycles. The number of carbonyl (C=O) groups is 2. The summed E-state index contributed by atoms with van der Waals surface area (Å²) in [6.45, 7) is 1.62. The summed E-state index contributed by atoms with van der Waals surface area (Å²) in [5.41, 5.74) is 3.20. The number of likely N-dealkylation sites (tertiary alicyclic amines) is 1. The summed E-state index contributed by atoms with van der Waals surface area (Å²) < 4.78 is 5.08. The Hall–Kier alpha value is -3.44. The summed E-state index contributed by atoms with van der Waals surface area (Å²) in [5, 5.41) is 3.53. The Labute approximate surface area is 201 Å². The van der Waals surface area contributed by atoms with Gasteiger partial charge in [0, 0.05) is 19.1 Å². The lowest BCUT2D eigenvalue weighted by Crippen LogP contribution is -2.41. The first-order chi connectivity index (χ1) is 16.7. The van der Waals surface area contributed by atoms with Crippen molar-refractivity contribution in [1.82, 2.24) is 10.2 Å². The van der Waals surface area contributed by atoms with Gasteiger partial charge in [0.05, 0.1) is 18.9 Å². The number of nitrogens with zero attached hydrogens (tertiary/aromatic N) is 1. The van der Waals surface area contributed by atoms with Gasteiger partial charge in [-0.1, -0.05) is 91.0 Å². The van der Waals surface area contributed by atoms with Crippen molar-refractivity contribution in [3.8, 4) is 0 Å². The average Bonchev–Trinajstić information content (AvgIpc) is 3.32. The molecule has 2 unspecified atom stereocenters. The molecule has 1 N–H and O–H groups in total. The molecule has 176 valence electrons. The zero-order chi connectivity index (χ0) is 23.8. The molecule has 1 amide bonds. The number of hydrogen-bond donors (Lipinski definition) is 1. The lowest BCUT2D eigenvalue weighted by molar-refractivity contribution is -0.145. The molecule has 0 aliphatic carbocycles. The Morgan fingerprint density at radius 3 is 2.00 bits per heavy atom. The number of benzene rings is 3. The Morgan fingerprint density at radius 2 is 1.44 bits per heavy atom. The second-order valence-electron chi connectivity index (χ2n) is 8.78. The summed E-state index contributed by atoms with van der Waals surface area (Å²) >= 11 is 0. The predicted molar refractivity (Wildman–Crippen MR) is 133 cm³/mol. The van der Waals surface area contributed by atoms with E-state index in [2.05, 4.69) is 17.4 Å². The van der Waals surface area contributed by atoms with Crippen LogP contribution in [0.3, 0.4) is 0 Å². The quantitative estimate of drug-likeness (QED) is 0.390. The van der Waals surface area contributed by atoms with Crippen molar-refractivity contribution < 1.29 is 14.3 Å². The molecule has 1 heterocycles. The van der Waals surface area contributed by atoms with Crippen LogP contribution in [0.2, 0.25) is 0 Å². The molecule has 5 nitrogen and oxygen atoms in total. The highest BCUT2D eigenvalue weighted by Crippen LogP contribution is 2.30. The van der Waals surface area contributed by atoms with E-state index < -0.39 is 5.92 Å². The molecular formula is C29H32N2O3. The number of ether oxygens (including phenoxy) is 1. The van der Waals surface area contributed by atoms with Crippen molar-refractivity contribution in [2.45, 2.75) is 24.8 Å². The molecule has 1 aliphatic heterocycles. The molecule has 3 aromatic carbocycles. The van der Waals surface area contributed by atoms with Crippen LogP contribution < -0.4 is 5.32 Å². The fourth-order valence-electron chi connectivity index (χ4n) is 4.76. The van der Waals surface area contributed by atoms with Crippen molar-refractivity contribution in [3.63, 3.8) is 0 Å². The Bertz CT molecular complexity index is 1020. The Morgan fingerprint density at radius 1 is 0.882 bits per heavy atom. The maximum absolute atomic E-state index is 13.8. The maximum atomic E-state index is 13.8. The highest BCUT2D eigenvalue weighted by atomic mass is 16.5. The second-order valence-corrected chi connectivity index (χ2v) is 8.78. The molecular weight excluding hydrogens is 424 g/mol. The zero-order valence-electron chi connectivity index (χ0n) is 19.6. The number of amides is 1. The molecule has 1 saturated heterocycles. The van der Waals surface area contributed by atoms with Crippen LogP contribution in [-0.2, 0) is 20.7 Å². The standard InChI is InChI=1S/C29H32N2O3/c1-34-29(33)25-20-31(21-26(25)30-19-11-14-22-12-5-2-6-13-22)28(32)27(23-15-7-3-8-16-23)24-17-9-4-10-18-24/h2-10,12-13,15-18,25-27,30H,11,14,19-21H2,1H3. The molecule has 1 aliphatic rings. The van der Waals surface area contributed by atoms with Crippen LogP contribution >= 0.6 is 0 Å². The van der Waals surface area contributed by atoms with E-state index in [0.717, 1.165) is 30.5 Å². The smallest absolute Gasteiger partial charge is 0.312 e. The number of rotatable bonds is 9. The third kappa shape index (κ3) is 5.72. The Balaban J connectivity index is 1.46. The van der Waals surface area contributed by atoms with E-state index >= 15 is 0 Å². The monoisotopic (exact) mass is 456 g/mol. The largest absolute Gasteiger partial charge is 0.469 e. The van der Waals surface area contributed by atoms with Crippen LogP contribution in [0.4, 0.5) is 0 Å². The number of carbonyl (C=O) groups excluding carboxylic acids is 2. The van der Waals surface area contributed by atoms with Gasteiger partial charge in [-0.2, -0.15) is 0 Å². The summed E-state index contributed by atoms with van der Waals surface area (Å²) in [7, 11) is 1.41. The molecule has 1 fully saturated rings. The molecule has 0 saturated carbocycles. The minimum absolute atomic E-state index is 0.0138. The van der Waals surface area contributed by atoms with Gasteiger partial charge in [-0.05, 0) is 36.1 Å². The molecule has 3 aromatic rings. The first kappa shape index (κ1) is 23.7. The number of methoxy groups -OCH3 is 1. The third-order valence-electron chi connectivity index (χ3n) is 6.54. The van der Waals surface area contributed by atoms with Crippen molar-refractivity contribution in [2.24, 2.45) is 5.92 Å². The van der Waals surface area contributed by atoms with Crippen LogP contribution in [0.5, 0.6) is 0 Å². The molecule has 0 radical (unpaired) electrons. The number of esters is 1. The van der Waals surface area contributed by atoms with Crippen LogP contribution in [0, 0.1) is 5.92 Å². The van der Waals surface area contributed by atoms with Gasteiger partial charge < -0.3 is 15.0 Å². The van der Waals surface area contributed by atoms with Crippen LogP contribution in [0.25, 0.3) is 0 Å². The first-order valence-corrected chi connectivity index (χ1v) is 11.9. The molecule has 0 spiro atoms. The average molecular weight is 457 g/mol. The fourth-order valence-corrected chi connectivity index (χ4v) is 4.76.